The van der Waals surface area contributed by atoms with Crippen molar-refractivity contribution in [3.8, 4) is 0 Å². The number of tetrazole rings is 1. The van der Waals surface area contributed by atoms with Crippen LogP contribution in [0.2, 0.25) is 0 Å². The van der Waals surface area contributed by atoms with E-state index in [4.69, 9.17) is 5.73 Å². The minimum atomic E-state index is -0.637. The molecule has 8 nitrogen and oxygen atoms in total. The molecule has 24 heavy (non-hydrogen) atoms. The standard InChI is InChI=1S/C16H30N6O2/c1-5-6-7-8-9-10-14(24)18-12(11-13(17)23)15-19-21-22(20-15)16(2,3)4/h12H,5-11H2,1-4H3,(H2,17,23)(H,18,24)/t12-/m1/s1. The van der Waals surface area contributed by atoms with Gasteiger partial charge in [-0.25, -0.2) is 0 Å². The molecule has 0 spiro atoms. The molecule has 136 valence electrons. The van der Waals surface area contributed by atoms with Crippen molar-refractivity contribution in [3.05, 3.63) is 5.82 Å². The molecule has 1 heterocycles. The number of nitrogens with zero attached hydrogens (tertiary/aromatic N) is 4. The van der Waals surface area contributed by atoms with Gasteiger partial charge in [-0.2, -0.15) is 4.80 Å². The summed E-state index contributed by atoms with van der Waals surface area (Å²) in [6.07, 6.45) is 5.73. The second kappa shape index (κ2) is 9.34. The molecule has 0 unspecified atom stereocenters. The first-order valence-electron chi connectivity index (χ1n) is 8.62. The predicted octanol–water partition coefficient (Wildman–Crippen LogP) is 1.82. The first-order chi connectivity index (χ1) is 11.2. The summed E-state index contributed by atoms with van der Waals surface area (Å²) in [6.45, 7) is 7.97. The number of aromatic nitrogens is 4. The molecule has 1 rings (SSSR count). The lowest BCUT2D eigenvalue weighted by atomic mass is 10.1. The molecular weight excluding hydrogens is 308 g/mol. The van der Waals surface area contributed by atoms with Gasteiger partial charge >= 0.3 is 0 Å². The molecule has 0 saturated carbocycles. The topological polar surface area (TPSA) is 116 Å². The minimum absolute atomic E-state index is 0.0442. The van der Waals surface area contributed by atoms with E-state index in [0.717, 1.165) is 19.3 Å². The number of unbranched alkanes of at least 4 members (excludes halogenated alkanes) is 4. The van der Waals surface area contributed by atoms with Crippen LogP contribution in [0.4, 0.5) is 0 Å². The summed E-state index contributed by atoms with van der Waals surface area (Å²) in [6, 6.07) is -0.637. The van der Waals surface area contributed by atoms with Crippen LogP contribution < -0.4 is 11.1 Å². The number of rotatable bonds is 10. The summed E-state index contributed by atoms with van der Waals surface area (Å²) in [5.41, 5.74) is 4.95. The molecular formula is C16H30N6O2. The first-order valence-corrected chi connectivity index (χ1v) is 8.62. The van der Waals surface area contributed by atoms with Crippen molar-refractivity contribution in [3.63, 3.8) is 0 Å². The fourth-order valence-corrected chi connectivity index (χ4v) is 2.21. The second-order valence-electron chi connectivity index (χ2n) is 7.06. The van der Waals surface area contributed by atoms with Crippen LogP contribution >= 0.6 is 0 Å². The molecule has 0 aliphatic carbocycles. The van der Waals surface area contributed by atoms with E-state index in [9.17, 15) is 9.59 Å². The number of hydrogen-bond donors (Lipinski definition) is 2. The summed E-state index contributed by atoms with van der Waals surface area (Å²) in [5.74, 6) is -0.330. The second-order valence-corrected chi connectivity index (χ2v) is 7.06. The summed E-state index contributed by atoms with van der Waals surface area (Å²) < 4.78 is 0. The Morgan fingerprint density at radius 2 is 1.88 bits per heavy atom. The van der Waals surface area contributed by atoms with Gasteiger partial charge < -0.3 is 11.1 Å². The van der Waals surface area contributed by atoms with Gasteiger partial charge in [0, 0.05) is 6.42 Å². The molecule has 1 aromatic rings. The molecule has 0 aromatic carbocycles. The molecule has 1 aromatic heterocycles. The molecule has 3 N–H and O–H groups in total. The highest BCUT2D eigenvalue weighted by molar-refractivity contribution is 5.78. The number of nitrogens with one attached hydrogen (secondary N) is 1. The van der Waals surface area contributed by atoms with Crippen LogP contribution in [0.3, 0.4) is 0 Å². The Balaban J connectivity index is 2.64. The highest BCUT2D eigenvalue weighted by atomic mass is 16.2. The number of carbonyl (C=O) groups excluding carboxylic acids is 2. The van der Waals surface area contributed by atoms with E-state index in [1.54, 1.807) is 0 Å². The third-order valence-corrected chi connectivity index (χ3v) is 3.59. The Hall–Kier alpha value is -1.99. The Labute approximate surface area is 143 Å². The Kier molecular flexibility index (Phi) is 7.81. The van der Waals surface area contributed by atoms with E-state index < -0.39 is 11.9 Å². The number of hydrogen-bond acceptors (Lipinski definition) is 5. The van der Waals surface area contributed by atoms with Gasteiger partial charge in [-0.05, 0) is 32.4 Å². The van der Waals surface area contributed by atoms with E-state index in [-0.39, 0.29) is 17.9 Å². The third kappa shape index (κ3) is 7.06. The molecule has 0 fully saturated rings. The lowest BCUT2D eigenvalue weighted by Gasteiger charge is -2.16. The summed E-state index contributed by atoms with van der Waals surface area (Å²) in [4.78, 5) is 24.9. The van der Waals surface area contributed by atoms with Crippen molar-refractivity contribution in [1.82, 2.24) is 25.5 Å². The molecule has 1 atom stereocenters. The maximum Gasteiger partial charge on any atom is 0.220 e. The fourth-order valence-electron chi connectivity index (χ4n) is 2.21. The van der Waals surface area contributed by atoms with Gasteiger partial charge in [-0.15, -0.1) is 10.2 Å². The molecule has 0 saturated heterocycles. The SMILES string of the molecule is CCCCCCCC(=O)N[C@H](CC(N)=O)c1nnn(C(C)(C)C)n1. The largest absolute Gasteiger partial charge is 0.370 e. The van der Waals surface area contributed by atoms with E-state index in [1.807, 2.05) is 20.8 Å². The predicted molar refractivity (Wildman–Crippen MR) is 90.9 cm³/mol. The quantitative estimate of drug-likeness (QED) is 0.631. The number of nitrogens with two attached hydrogens (primary N) is 1. The van der Waals surface area contributed by atoms with Crippen molar-refractivity contribution >= 4 is 11.8 Å². The third-order valence-electron chi connectivity index (χ3n) is 3.59. The minimum Gasteiger partial charge on any atom is -0.370 e. The molecule has 2 amide bonds. The maximum atomic E-state index is 12.1. The molecule has 0 bridgehead atoms. The van der Waals surface area contributed by atoms with Crippen LogP contribution in [0, 0.1) is 0 Å². The van der Waals surface area contributed by atoms with Crippen LogP contribution in [-0.4, -0.2) is 32.0 Å². The summed E-state index contributed by atoms with van der Waals surface area (Å²) in [7, 11) is 0. The Morgan fingerprint density at radius 3 is 2.42 bits per heavy atom. The van der Waals surface area contributed by atoms with Gasteiger partial charge in [0.05, 0.1) is 12.0 Å². The zero-order valence-electron chi connectivity index (χ0n) is 15.2. The van der Waals surface area contributed by atoms with Crippen LogP contribution in [0.1, 0.15) is 84.5 Å². The van der Waals surface area contributed by atoms with Crippen LogP contribution in [0.25, 0.3) is 0 Å². The van der Waals surface area contributed by atoms with Gasteiger partial charge in [0.1, 0.15) is 6.04 Å². The maximum absolute atomic E-state index is 12.1. The molecule has 0 aliphatic heterocycles. The normalized spacial score (nSPS) is 12.8. The number of amides is 2. The van der Waals surface area contributed by atoms with Crippen molar-refractivity contribution in [1.29, 1.82) is 0 Å². The summed E-state index contributed by atoms with van der Waals surface area (Å²) >= 11 is 0. The van der Waals surface area contributed by atoms with E-state index in [0.29, 0.717) is 12.2 Å². The van der Waals surface area contributed by atoms with E-state index in [2.05, 4.69) is 27.7 Å². The van der Waals surface area contributed by atoms with Crippen molar-refractivity contribution < 1.29 is 9.59 Å². The lowest BCUT2D eigenvalue weighted by molar-refractivity contribution is -0.122. The van der Waals surface area contributed by atoms with Crippen molar-refractivity contribution in [2.45, 2.75) is 84.2 Å². The zero-order valence-corrected chi connectivity index (χ0v) is 15.2. The highest BCUT2D eigenvalue weighted by Gasteiger charge is 2.24. The number of primary amides is 1. The molecule has 0 radical (unpaired) electrons. The van der Waals surface area contributed by atoms with E-state index in [1.165, 1.54) is 17.6 Å². The van der Waals surface area contributed by atoms with Crippen LogP contribution in [0.5, 0.6) is 0 Å². The van der Waals surface area contributed by atoms with Gasteiger partial charge in [0.25, 0.3) is 0 Å². The Morgan fingerprint density at radius 1 is 1.21 bits per heavy atom. The number of carbonyl (C=O) groups is 2. The van der Waals surface area contributed by atoms with Gasteiger partial charge in [-0.1, -0.05) is 32.6 Å². The zero-order chi connectivity index (χ0) is 18.2. The smallest absolute Gasteiger partial charge is 0.220 e. The first kappa shape index (κ1) is 20.1. The van der Waals surface area contributed by atoms with Crippen molar-refractivity contribution in [2.24, 2.45) is 5.73 Å². The van der Waals surface area contributed by atoms with E-state index >= 15 is 0 Å². The van der Waals surface area contributed by atoms with Crippen LogP contribution in [-0.2, 0) is 15.1 Å². The molecule has 8 heteroatoms. The van der Waals surface area contributed by atoms with Gasteiger partial charge in [0.2, 0.25) is 11.8 Å². The van der Waals surface area contributed by atoms with Gasteiger partial charge in [0.15, 0.2) is 5.82 Å². The fraction of sp³-hybridized carbons (Fsp3) is 0.812. The van der Waals surface area contributed by atoms with Crippen molar-refractivity contribution in [2.75, 3.05) is 0 Å². The van der Waals surface area contributed by atoms with Gasteiger partial charge in [-0.3, -0.25) is 9.59 Å². The van der Waals surface area contributed by atoms with Crippen LogP contribution in [0.15, 0.2) is 0 Å². The Bertz CT molecular complexity index is 535. The summed E-state index contributed by atoms with van der Waals surface area (Å²) in [5, 5.41) is 15.0. The average Bonchev–Trinajstić information content (AvgIpc) is 2.95. The highest BCUT2D eigenvalue weighted by Crippen LogP contribution is 2.15. The molecule has 0 aliphatic rings. The lowest BCUT2D eigenvalue weighted by Crippen LogP contribution is -2.32. The monoisotopic (exact) mass is 338 g/mol. The average molecular weight is 338 g/mol.